The van der Waals surface area contributed by atoms with Crippen molar-refractivity contribution in [1.82, 2.24) is 15.0 Å². The molecule has 0 bridgehead atoms. The van der Waals surface area contributed by atoms with E-state index in [9.17, 15) is 0 Å². The zero-order chi connectivity index (χ0) is 22.3. The highest BCUT2D eigenvalue weighted by Crippen LogP contribution is 2.44. The zero-order valence-corrected chi connectivity index (χ0v) is 20.9. The molecule has 0 amide bonds. The number of benzene rings is 1. The Morgan fingerprint density at radius 2 is 1.58 bits per heavy atom. The maximum Gasteiger partial charge on any atom is 0.189 e. The van der Waals surface area contributed by atoms with E-state index in [1.54, 1.807) is 0 Å². The Bertz CT molecular complexity index is 1230. The Kier molecular flexibility index (Phi) is 6.62. The normalized spacial score (nSPS) is 11.3. The van der Waals surface area contributed by atoms with Crippen LogP contribution < -0.4 is 11.1 Å². The summed E-state index contributed by atoms with van der Waals surface area (Å²) in [5.74, 6) is 0.859. The molecule has 31 heavy (non-hydrogen) atoms. The van der Waals surface area contributed by atoms with Gasteiger partial charge < -0.3 is 11.1 Å². The highest BCUT2D eigenvalue weighted by molar-refractivity contribution is 7.23. The lowest BCUT2D eigenvalue weighted by Crippen LogP contribution is -1.92. The van der Waals surface area contributed by atoms with Crippen LogP contribution in [-0.4, -0.2) is 15.0 Å². The summed E-state index contributed by atoms with van der Waals surface area (Å²) >= 11 is 27.5. The monoisotopic (exact) mass is 529 g/mol. The van der Waals surface area contributed by atoms with E-state index in [0.29, 0.717) is 33.1 Å². The van der Waals surface area contributed by atoms with Crippen LogP contribution in [0.15, 0.2) is 29.6 Å². The summed E-state index contributed by atoms with van der Waals surface area (Å²) in [6.45, 7) is 4.32. The van der Waals surface area contributed by atoms with Crippen molar-refractivity contribution < 1.29 is 0 Å². The number of pyridine rings is 1. The van der Waals surface area contributed by atoms with E-state index in [2.05, 4.69) is 46.2 Å². The minimum absolute atomic E-state index is 0.0629. The number of halogens is 4. The van der Waals surface area contributed by atoms with Crippen molar-refractivity contribution in [3.05, 3.63) is 55.6 Å². The molecule has 160 valence electrons. The molecule has 0 aliphatic heterocycles. The third-order valence-corrected chi connectivity index (χ3v) is 7.89. The third kappa shape index (κ3) is 4.62. The number of anilines is 3. The quantitative estimate of drug-likeness (QED) is 0.253. The minimum Gasteiger partial charge on any atom is -0.382 e. The van der Waals surface area contributed by atoms with Gasteiger partial charge >= 0.3 is 0 Å². The maximum absolute atomic E-state index is 6.30. The third-order valence-electron chi connectivity index (χ3n) is 4.43. The van der Waals surface area contributed by atoms with Gasteiger partial charge in [0, 0.05) is 16.6 Å². The highest BCUT2D eigenvalue weighted by atomic mass is 35.5. The van der Waals surface area contributed by atoms with Crippen molar-refractivity contribution >= 4 is 85.7 Å². The molecule has 0 aliphatic rings. The molecule has 3 aromatic heterocycles. The van der Waals surface area contributed by atoms with Gasteiger partial charge in [-0.05, 0) is 23.6 Å². The van der Waals surface area contributed by atoms with Gasteiger partial charge in [0.15, 0.2) is 5.13 Å². The number of nitrogen functional groups attached to an aromatic ring is 1. The number of nitrogens with two attached hydrogens (primary N) is 1. The van der Waals surface area contributed by atoms with Crippen LogP contribution in [0.2, 0.25) is 20.4 Å². The molecular weight excluding hydrogens is 516 g/mol. The second kappa shape index (κ2) is 9.10. The number of nitrogens with one attached hydrogen (secondary N) is 1. The Morgan fingerprint density at radius 1 is 0.935 bits per heavy atom. The molecule has 4 aromatic rings. The van der Waals surface area contributed by atoms with Crippen LogP contribution in [0.3, 0.4) is 0 Å². The minimum atomic E-state index is 0.0629. The fraction of sp³-hybridized carbons (Fsp3) is 0.150. The molecule has 0 fully saturated rings. The number of hydrogen-bond acceptors (Lipinski definition) is 7. The number of hydrogen-bond donors (Lipinski definition) is 2. The molecule has 3 N–H and O–H groups in total. The predicted octanol–water partition coefficient (Wildman–Crippen LogP) is 8.39. The van der Waals surface area contributed by atoms with Crippen molar-refractivity contribution in [3.8, 4) is 21.1 Å². The summed E-state index contributed by atoms with van der Waals surface area (Å²) in [5.41, 5.74) is 9.34. The molecule has 0 saturated heterocycles. The van der Waals surface area contributed by atoms with Crippen molar-refractivity contribution in [1.29, 1.82) is 0 Å². The Hall–Kier alpha value is -1.61. The van der Waals surface area contributed by atoms with Gasteiger partial charge in [-0.2, -0.15) is 0 Å². The van der Waals surface area contributed by atoms with Crippen LogP contribution in [0.5, 0.6) is 0 Å². The number of rotatable bonds is 5. The lowest BCUT2D eigenvalue weighted by atomic mass is 10.0. The summed E-state index contributed by atoms with van der Waals surface area (Å²) in [5, 5.41) is 6.97. The Labute approximate surface area is 207 Å². The second-order valence-electron chi connectivity index (χ2n) is 6.87. The molecular formula is C20H15Cl4N5S2. The molecule has 0 unspecified atom stereocenters. The average Bonchev–Trinajstić information content (AvgIpc) is 3.34. The molecule has 3 heterocycles. The standard InChI is InChI=1S/C20H15Cl4N5S2/c1-8(2)9-3-5-10(6-4-9)26-20-29-18(25)15(31-20)19-27-11(7-30-19)12-13(21)16(23)28-17(24)14(12)22/h3-8H,25H2,1-2H3,(H,26,29). The van der Waals surface area contributed by atoms with Crippen molar-refractivity contribution in [2.24, 2.45) is 0 Å². The zero-order valence-electron chi connectivity index (χ0n) is 16.2. The highest BCUT2D eigenvalue weighted by Gasteiger charge is 2.21. The molecule has 0 spiro atoms. The van der Waals surface area contributed by atoms with Gasteiger partial charge in [-0.25, -0.2) is 15.0 Å². The first-order valence-electron chi connectivity index (χ1n) is 9.04. The van der Waals surface area contributed by atoms with Crippen LogP contribution in [0.25, 0.3) is 21.1 Å². The lowest BCUT2D eigenvalue weighted by molar-refractivity contribution is 0.867. The van der Waals surface area contributed by atoms with Gasteiger partial charge in [-0.3, -0.25) is 0 Å². The summed E-state index contributed by atoms with van der Waals surface area (Å²) in [4.78, 5) is 13.7. The summed E-state index contributed by atoms with van der Waals surface area (Å²) in [7, 11) is 0. The molecule has 0 atom stereocenters. The molecule has 11 heteroatoms. The molecule has 5 nitrogen and oxygen atoms in total. The van der Waals surface area contributed by atoms with Crippen molar-refractivity contribution in [2.75, 3.05) is 11.1 Å². The number of nitrogens with zero attached hydrogens (tertiary/aromatic N) is 3. The smallest absolute Gasteiger partial charge is 0.189 e. The maximum atomic E-state index is 6.30. The van der Waals surface area contributed by atoms with Crippen molar-refractivity contribution in [3.63, 3.8) is 0 Å². The summed E-state index contributed by atoms with van der Waals surface area (Å²) < 4.78 is 0. The molecule has 0 radical (unpaired) electrons. The van der Waals surface area contributed by atoms with Gasteiger partial charge in [0.2, 0.25) is 0 Å². The van der Waals surface area contributed by atoms with Gasteiger partial charge in [-0.15, -0.1) is 11.3 Å². The first kappa shape index (κ1) is 22.6. The molecule has 1 aromatic carbocycles. The van der Waals surface area contributed by atoms with Crippen molar-refractivity contribution in [2.45, 2.75) is 19.8 Å². The van der Waals surface area contributed by atoms with E-state index in [4.69, 9.17) is 52.1 Å². The van der Waals surface area contributed by atoms with E-state index in [1.807, 2.05) is 17.5 Å². The topological polar surface area (TPSA) is 76.7 Å². The van der Waals surface area contributed by atoms with Crippen LogP contribution in [0.1, 0.15) is 25.3 Å². The second-order valence-corrected chi connectivity index (χ2v) is 10.2. The fourth-order valence-corrected chi connectivity index (χ4v) is 5.55. The Morgan fingerprint density at radius 3 is 2.19 bits per heavy atom. The molecule has 4 rings (SSSR count). The SMILES string of the molecule is CC(C)c1ccc(Nc2nc(N)c(-c3nc(-c4c(Cl)c(Cl)nc(Cl)c4Cl)cs3)s2)cc1. The Balaban J connectivity index is 1.63. The van der Waals surface area contributed by atoms with Gasteiger partial charge in [0.1, 0.15) is 26.0 Å². The van der Waals surface area contributed by atoms with E-state index in [0.717, 1.165) is 10.6 Å². The predicted molar refractivity (Wildman–Crippen MR) is 135 cm³/mol. The number of thiazole rings is 2. The van der Waals surface area contributed by atoms with E-state index < -0.39 is 0 Å². The largest absolute Gasteiger partial charge is 0.382 e. The van der Waals surface area contributed by atoms with Gasteiger partial charge in [0.25, 0.3) is 0 Å². The van der Waals surface area contributed by atoms with Crippen LogP contribution >= 0.6 is 69.1 Å². The van der Waals surface area contributed by atoms with Crippen LogP contribution in [0.4, 0.5) is 16.6 Å². The first-order valence-corrected chi connectivity index (χ1v) is 12.2. The van der Waals surface area contributed by atoms with E-state index in [1.165, 1.54) is 28.2 Å². The van der Waals surface area contributed by atoms with E-state index >= 15 is 0 Å². The van der Waals surface area contributed by atoms with Crippen LogP contribution in [-0.2, 0) is 0 Å². The lowest BCUT2D eigenvalue weighted by Gasteiger charge is -2.07. The first-order chi connectivity index (χ1) is 14.7. The van der Waals surface area contributed by atoms with Gasteiger partial charge in [-0.1, -0.05) is 83.7 Å². The van der Waals surface area contributed by atoms with Gasteiger partial charge in [0.05, 0.1) is 15.7 Å². The summed E-state index contributed by atoms with van der Waals surface area (Å²) in [6.07, 6.45) is 0. The average molecular weight is 531 g/mol. The summed E-state index contributed by atoms with van der Waals surface area (Å²) in [6, 6.07) is 8.23. The number of aromatic nitrogens is 3. The molecule has 0 saturated carbocycles. The van der Waals surface area contributed by atoms with Crippen LogP contribution in [0, 0.1) is 0 Å². The van der Waals surface area contributed by atoms with E-state index in [-0.39, 0.29) is 20.4 Å². The molecule has 0 aliphatic carbocycles. The fourth-order valence-electron chi connectivity index (χ4n) is 2.82.